The van der Waals surface area contributed by atoms with E-state index in [1.807, 2.05) is 6.92 Å². The fraction of sp³-hybridized carbons (Fsp3) is 0.286. The Labute approximate surface area is 143 Å². The second kappa shape index (κ2) is 8.56. The van der Waals surface area contributed by atoms with Gasteiger partial charge >= 0.3 is 0 Å². The van der Waals surface area contributed by atoms with E-state index in [0.717, 1.165) is 0 Å². The van der Waals surface area contributed by atoms with E-state index in [2.05, 4.69) is 10.3 Å². The van der Waals surface area contributed by atoms with Gasteiger partial charge in [0.15, 0.2) is 0 Å². The number of rotatable bonds is 6. The largest absolute Gasteiger partial charge is 0.350 e. The summed E-state index contributed by atoms with van der Waals surface area (Å²) in [6.07, 6.45) is 0. The molecule has 0 aliphatic heterocycles. The Morgan fingerprint density at radius 3 is 2.91 bits per heavy atom. The van der Waals surface area contributed by atoms with E-state index in [0.29, 0.717) is 29.4 Å². The highest BCUT2D eigenvalue weighted by Crippen LogP contribution is 2.26. The number of benzene rings is 1. The van der Waals surface area contributed by atoms with Crippen molar-refractivity contribution >= 4 is 35.3 Å². The van der Waals surface area contributed by atoms with Gasteiger partial charge in [0.25, 0.3) is 11.6 Å². The topological polar surface area (TPSA) is 111 Å². The number of nitro groups is 1. The van der Waals surface area contributed by atoms with Crippen molar-refractivity contribution in [3.8, 4) is 10.6 Å². The maximum absolute atomic E-state index is 12.0. The van der Waals surface area contributed by atoms with Crippen LogP contribution in [0.3, 0.4) is 0 Å². The van der Waals surface area contributed by atoms with Gasteiger partial charge in [-0.05, 0) is 12.5 Å². The van der Waals surface area contributed by atoms with Gasteiger partial charge in [0, 0.05) is 29.6 Å². The standard InChI is InChI=1S/C14H16N4O3S.ClH/c1-9(6-15)7-16-13(19)12-8-22-14(17-12)10-3-2-4-11(5-10)18(20)21;/h2-5,8-9H,6-7,15H2,1H3,(H,16,19);1H. The van der Waals surface area contributed by atoms with Crippen LogP contribution in [0.5, 0.6) is 0 Å². The smallest absolute Gasteiger partial charge is 0.270 e. The molecule has 0 aliphatic carbocycles. The first kappa shape index (κ1) is 19.0. The molecule has 0 saturated carbocycles. The van der Waals surface area contributed by atoms with E-state index < -0.39 is 4.92 Å². The lowest BCUT2D eigenvalue weighted by Gasteiger charge is -2.08. The lowest BCUT2D eigenvalue weighted by molar-refractivity contribution is -0.384. The molecule has 1 unspecified atom stereocenters. The molecule has 0 radical (unpaired) electrons. The zero-order valence-corrected chi connectivity index (χ0v) is 14.0. The number of thiazole rings is 1. The summed E-state index contributed by atoms with van der Waals surface area (Å²) < 4.78 is 0. The van der Waals surface area contributed by atoms with Gasteiger partial charge in [-0.3, -0.25) is 14.9 Å². The van der Waals surface area contributed by atoms with E-state index in [-0.39, 0.29) is 29.9 Å². The molecular weight excluding hydrogens is 340 g/mol. The number of carbonyl (C=O) groups excluding carboxylic acids is 1. The molecule has 124 valence electrons. The Morgan fingerprint density at radius 2 is 2.26 bits per heavy atom. The molecule has 0 aliphatic rings. The Kier molecular flexibility index (Phi) is 7.08. The number of halogens is 1. The van der Waals surface area contributed by atoms with Crippen LogP contribution >= 0.6 is 23.7 Å². The van der Waals surface area contributed by atoms with Crippen LogP contribution in [-0.4, -0.2) is 28.9 Å². The molecule has 1 heterocycles. The van der Waals surface area contributed by atoms with Gasteiger partial charge in [0.05, 0.1) is 4.92 Å². The third kappa shape index (κ3) is 4.98. The van der Waals surface area contributed by atoms with Gasteiger partial charge in [-0.15, -0.1) is 23.7 Å². The maximum Gasteiger partial charge on any atom is 0.270 e. The molecule has 0 saturated heterocycles. The van der Waals surface area contributed by atoms with E-state index in [1.165, 1.54) is 23.5 Å². The molecule has 3 N–H and O–H groups in total. The Hall–Kier alpha value is -2.03. The summed E-state index contributed by atoms with van der Waals surface area (Å²) in [6.45, 7) is 2.92. The summed E-state index contributed by atoms with van der Waals surface area (Å²) >= 11 is 1.27. The average molecular weight is 357 g/mol. The Bertz CT molecular complexity index is 692. The summed E-state index contributed by atoms with van der Waals surface area (Å²) in [5, 5.41) is 15.8. The minimum Gasteiger partial charge on any atom is -0.350 e. The van der Waals surface area contributed by atoms with Crippen molar-refractivity contribution < 1.29 is 9.72 Å². The number of nitrogens with two attached hydrogens (primary N) is 1. The number of nitrogens with zero attached hydrogens (tertiary/aromatic N) is 2. The zero-order chi connectivity index (χ0) is 16.1. The van der Waals surface area contributed by atoms with E-state index in [9.17, 15) is 14.9 Å². The van der Waals surface area contributed by atoms with Gasteiger partial charge in [-0.25, -0.2) is 4.98 Å². The van der Waals surface area contributed by atoms with E-state index >= 15 is 0 Å². The predicted octanol–water partition coefficient (Wildman–Crippen LogP) is 2.46. The van der Waals surface area contributed by atoms with Crippen LogP contribution < -0.4 is 11.1 Å². The van der Waals surface area contributed by atoms with E-state index in [1.54, 1.807) is 17.5 Å². The molecule has 9 heteroatoms. The Balaban J connectivity index is 0.00000264. The van der Waals surface area contributed by atoms with Crippen LogP contribution in [0.2, 0.25) is 0 Å². The molecule has 0 spiro atoms. The normalized spacial score (nSPS) is 11.4. The quantitative estimate of drug-likeness (QED) is 0.610. The number of hydrogen-bond acceptors (Lipinski definition) is 6. The number of non-ortho nitro benzene ring substituents is 1. The van der Waals surface area contributed by atoms with Crippen molar-refractivity contribution in [3.63, 3.8) is 0 Å². The molecule has 1 aromatic carbocycles. The molecule has 2 rings (SSSR count). The Morgan fingerprint density at radius 1 is 1.52 bits per heavy atom. The predicted molar refractivity (Wildman–Crippen MR) is 92.0 cm³/mol. The second-order valence-corrected chi connectivity index (χ2v) is 5.75. The van der Waals surface area contributed by atoms with Crippen LogP contribution in [0.25, 0.3) is 10.6 Å². The number of nitro benzene ring substituents is 1. The molecule has 1 atom stereocenters. The average Bonchev–Trinajstić information content (AvgIpc) is 3.02. The third-order valence-corrected chi connectivity index (χ3v) is 3.95. The summed E-state index contributed by atoms with van der Waals surface area (Å²) in [5.41, 5.74) is 6.41. The summed E-state index contributed by atoms with van der Waals surface area (Å²) in [6, 6.07) is 6.18. The summed E-state index contributed by atoms with van der Waals surface area (Å²) in [5.74, 6) is -0.0768. The molecule has 1 aromatic heterocycles. The van der Waals surface area contributed by atoms with Crippen molar-refractivity contribution in [1.82, 2.24) is 10.3 Å². The van der Waals surface area contributed by atoms with Gasteiger partial charge < -0.3 is 11.1 Å². The number of nitrogens with one attached hydrogen (secondary N) is 1. The number of amides is 1. The number of carbonyl (C=O) groups is 1. The summed E-state index contributed by atoms with van der Waals surface area (Å²) in [7, 11) is 0. The molecular formula is C14H17ClN4O3S. The van der Waals surface area contributed by atoms with Crippen LogP contribution in [0.15, 0.2) is 29.6 Å². The van der Waals surface area contributed by atoms with Gasteiger partial charge in [-0.1, -0.05) is 19.1 Å². The lowest BCUT2D eigenvalue weighted by atomic mass is 10.2. The van der Waals surface area contributed by atoms with Crippen LogP contribution in [0, 0.1) is 16.0 Å². The fourth-order valence-corrected chi connectivity index (χ4v) is 2.50. The maximum atomic E-state index is 12.0. The first-order valence-corrected chi connectivity index (χ1v) is 7.58. The van der Waals surface area contributed by atoms with Gasteiger partial charge in [0.1, 0.15) is 10.7 Å². The molecule has 23 heavy (non-hydrogen) atoms. The highest BCUT2D eigenvalue weighted by Gasteiger charge is 2.14. The van der Waals surface area contributed by atoms with Gasteiger partial charge in [-0.2, -0.15) is 0 Å². The van der Waals surface area contributed by atoms with Crippen LogP contribution in [-0.2, 0) is 0 Å². The molecule has 0 fully saturated rings. The van der Waals surface area contributed by atoms with Crippen LogP contribution in [0.4, 0.5) is 5.69 Å². The highest BCUT2D eigenvalue weighted by atomic mass is 35.5. The minimum absolute atomic E-state index is 0. The van der Waals surface area contributed by atoms with Crippen molar-refractivity contribution in [3.05, 3.63) is 45.5 Å². The molecule has 0 bridgehead atoms. The number of hydrogen-bond donors (Lipinski definition) is 2. The molecule has 2 aromatic rings. The first-order chi connectivity index (χ1) is 10.5. The third-order valence-electron chi connectivity index (χ3n) is 3.05. The van der Waals surface area contributed by atoms with Crippen molar-refractivity contribution in [2.24, 2.45) is 11.7 Å². The molecule has 7 nitrogen and oxygen atoms in total. The van der Waals surface area contributed by atoms with Crippen molar-refractivity contribution in [2.45, 2.75) is 6.92 Å². The minimum atomic E-state index is -0.459. The van der Waals surface area contributed by atoms with Crippen molar-refractivity contribution in [2.75, 3.05) is 13.1 Å². The fourth-order valence-electron chi connectivity index (χ4n) is 1.70. The number of aromatic nitrogens is 1. The SMILES string of the molecule is CC(CN)CNC(=O)c1csc(-c2cccc([N+](=O)[O-])c2)n1.Cl. The summed E-state index contributed by atoms with van der Waals surface area (Å²) in [4.78, 5) is 26.5. The molecule has 1 amide bonds. The monoisotopic (exact) mass is 356 g/mol. The van der Waals surface area contributed by atoms with E-state index in [4.69, 9.17) is 5.73 Å². The first-order valence-electron chi connectivity index (χ1n) is 6.70. The highest BCUT2D eigenvalue weighted by molar-refractivity contribution is 7.13. The van der Waals surface area contributed by atoms with Gasteiger partial charge in [0.2, 0.25) is 0 Å². The lowest BCUT2D eigenvalue weighted by Crippen LogP contribution is -2.31. The second-order valence-electron chi connectivity index (χ2n) is 4.90. The van der Waals surface area contributed by atoms with Crippen LogP contribution in [0.1, 0.15) is 17.4 Å². The van der Waals surface area contributed by atoms with Crippen molar-refractivity contribution in [1.29, 1.82) is 0 Å². The zero-order valence-electron chi connectivity index (χ0n) is 12.4.